The van der Waals surface area contributed by atoms with E-state index in [4.69, 9.17) is 9.15 Å². The minimum atomic E-state index is -0.165. The molecule has 1 amide bonds. The Hall–Kier alpha value is -2.56. The lowest BCUT2D eigenvalue weighted by Crippen LogP contribution is -2.30. The van der Waals surface area contributed by atoms with Crippen molar-refractivity contribution in [2.45, 2.75) is 20.4 Å². The van der Waals surface area contributed by atoms with Crippen LogP contribution in [0.2, 0.25) is 0 Å². The molecule has 0 aliphatic carbocycles. The van der Waals surface area contributed by atoms with Gasteiger partial charge in [-0.05, 0) is 38.1 Å². The molecule has 0 unspecified atom stereocenters. The van der Waals surface area contributed by atoms with Gasteiger partial charge in [0.25, 0.3) is 5.91 Å². The fraction of sp³-hybridized carbons (Fsp3) is 0.294. The van der Waals surface area contributed by atoms with E-state index < -0.39 is 0 Å². The Morgan fingerprint density at radius 3 is 2.64 bits per heavy atom. The fourth-order valence-corrected chi connectivity index (χ4v) is 1.95. The third-order valence-corrected chi connectivity index (χ3v) is 3.22. The van der Waals surface area contributed by atoms with Crippen molar-refractivity contribution in [1.29, 1.82) is 0 Å². The van der Waals surface area contributed by atoms with Crippen molar-refractivity contribution in [3.05, 3.63) is 53.5 Å². The lowest BCUT2D eigenvalue weighted by atomic mass is 10.1. The van der Waals surface area contributed by atoms with Crippen molar-refractivity contribution in [3.8, 4) is 5.75 Å². The Morgan fingerprint density at radius 2 is 2.00 bits per heavy atom. The summed E-state index contributed by atoms with van der Waals surface area (Å²) < 4.78 is 10.9. The molecule has 0 spiro atoms. The number of carbonyl (C=O) groups excluding carboxylic acids is 2. The number of ether oxygens (including phenoxy) is 1. The smallest absolute Gasteiger partial charge is 0.260 e. The number of benzene rings is 1. The van der Waals surface area contributed by atoms with E-state index in [1.807, 2.05) is 19.1 Å². The molecule has 0 aliphatic rings. The number of likely N-dealkylation sites (N-methyl/N-ethyl adjacent to an activating group) is 1. The molecule has 0 fully saturated rings. The van der Waals surface area contributed by atoms with Gasteiger partial charge in [0.15, 0.2) is 12.4 Å². The van der Waals surface area contributed by atoms with Crippen LogP contribution in [0.3, 0.4) is 0 Å². The third kappa shape index (κ3) is 4.22. The summed E-state index contributed by atoms with van der Waals surface area (Å²) in [6, 6.07) is 10.5. The molecule has 1 aromatic carbocycles. The number of furan rings is 1. The SMILES string of the molecule is CC(=O)c1cccc(OCC(=O)N(C)Cc2ccc(C)o2)c1. The Labute approximate surface area is 129 Å². The Kier molecular flexibility index (Phi) is 4.99. The van der Waals surface area contributed by atoms with Gasteiger partial charge in [-0.15, -0.1) is 0 Å². The molecule has 2 rings (SSSR count). The Bertz CT molecular complexity index is 675. The van der Waals surface area contributed by atoms with Gasteiger partial charge >= 0.3 is 0 Å². The topological polar surface area (TPSA) is 59.8 Å². The van der Waals surface area contributed by atoms with E-state index in [1.54, 1.807) is 31.3 Å². The predicted molar refractivity (Wildman–Crippen MR) is 81.9 cm³/mol. The van der Waals surface area contributed by atoms with Gasteiger partial charge in [0, 0.05) is 12.6 Å². The molecule has 0 saturated carbocycles. The maximum Gasteiger partial charge on any atom is 0.260 e. The van der Waals surface area contributed by atoms with Crippen molar-refractivity contribution >= 4 is 11.7 Å². The molecule has 22 heavy (non-hydrogen) atoms. The summed E-state index contributed by atoms with van der Waals surface area (Å²) in [4.78, 5) is 24.9. The number of Topliss-reactive ketones (excluding diaryl/α,β-unsaturated/α-hetero) is 1. The molecule has 5 heteroatoms. The lowest BCUT2D eigenvalue weighted by molar-refractivity contribution is -0.132. The first-order valence-corrected chi connectivity index (χ1v) is 6.99. The van der Waals surface area contributed by atoms with Gasteiger partial charge in [-0.1, -0.05) is 12.1 Å². The van der Waals surface area contributed by atoms with Crippen molar-refractivity contribution in [3.63, 3.8) is 0 Å². The normalized spacial score (nSPS) is 10.3. The summed E-state index contributed by atoms with van der Waals surface area (Å²) in [6.07, 6.45) is 0. The van der Waals surface area contributed by atoms with Gasteiger partial charge in [-0.2, -0.15) is 0 Å². The number of carbonyl (C=O) groups is 2. The molecule has 0 bridgehead atoms. The van der Waals surface area contributed by atoms with E-state index in [0.717, 1.165) is 11.5 Å². The van der Waals surface area contributed by atoms with Gasteiger partial charge in [-0.3, -0.25) is 9.59 Å². The standard InChI is InChI=1S/C17H19NO4/c1-12-7-8-16(22-12)10-18(3)17(20)11-21-15-6-4-5-14(9-15)13(2)19/h4-9H,10-11H2,1-3H3. The molecule has 0 N–H and O–H groups in total. The number of aryl methyl sites for hydroxylation is 1. The van der Waals surface area contributed by atoms with Crippen LogP contribution in [-0.2, 0) is 11.3 Å². The maximum absolute atomic E-state index is 12.0. The quantitative estimate of drug-likeness (QED) is 0.770. The molecule has 0 saturated heterocycles. The molecule has 0 atom stereocenters. The highest BCUT2D eigenvalue weighted by Gasteiger charge is 2.12. The van der Waals surface area contributed by atoms with Crippen molar-refractivity contribution in [1.82, 2.24) is 4.90 Å². The highest BCUT2D eigenvalue weighted by Crippen LogP contribution is 2.14. The summed E-state index contributed by atoms with van der Waals surface area (Å²) in [7, 11) is 1.69. The first-order valence-electron chi connectivity index (χ1n) is 6.99. The minimum Gasteiger partial charge on any atom is -0.484 e. The molecule has 0 aliphatic heterocycles. The van der Waals surface area contributed by atoms with Crippen LogP contribution in [0.25, 0.3) is 0 Å². The van der Waals surface area contributed by atoms with Gasteiger partial charge in [0.2, 0.25) is 0 Å². The van der Waals surface area contributed by atoms with E-state index in [0.29, 0.717) is 17.9 Å². The average molecular weight is 301 g/mol. The number of nitrogens with zero attached hydrogens (tertiary/aromatic N) is 1. The first kappa shape index (κ1) is 15.8. The highest BCUT2D eigenvalue weighted by molar-refractivity contribution is 5.94. The van der Waals surface area contributed by atoms with Gasteiger partial charge in [-0.25, -0.2) is 0 Å². The zero-order valence-electron chi connectivity index (χ0n) is 13.0. The number of hydrogen-bond acceptors (Lipinski definition) is 4. The second-order valence-electron chi connectivity index (χ2n) is 5.13. The van der Waals surface area contributed by atoms with E-state index >= 15 is 0 Å². The summed E-state index contributed by atoms with van der Waals surface area (Å²) in [6.45, 7) is 3.65. The number of rotatable bonds is 6. The molecule has 2 aromatic rings. The van der Waals surface area contributed by atoms with Crippen LogP contribution in [-0.4, -0.2) is 30.2 Å². The number of ketones is 1. The molecule has 5 nitrogen and oxygen atoms in total. The van der Waals surface area contributed by atoms with Crippen molar-refractivity contribution < 1.29 is 18.7 Å². The zero-order valence-corrected chi connectivity index (χ0v) is 13.0. The zero-order chi connectivity index (χ0) is 16.1. The first-order chi connectivity index (χ1) is 10.5. The third-order valence-electron chi connectivity index (χ3n) is 3.22. The summed E-state index contributed by atoms with van der Waals surface area (Å²) in [5.74, 6) is 1.84. The average Bonchev–Trinajstić information content (AvgIpc) is 2.90. The molecule has 0 radical (unpaired) electrons. The maximum atomic E-state index is 12.0. The second-order valence-corrected chi connectivity index (χ2v) is 5.13. The Morgan fingerprint density at radius 1 is 1.23 bits per heavy atom. The minimum absolute atomic E-state index is 0.0397. The Balaban J connectivity index is 1.89. The highest BCUT2D eigenvalue weighted by atomic mass is 16.5. The molecular formula is C17H19NO4. The van der Waals surface area contributed by atoms with E-state index in [9.17, 15) is 9.59 Å². The summed E-state index contributed by atoms with van der Waals surface area (Å²) in [5.41, 5.74) is 0.560. The molecule has 116 valence electrons. The van der Waals surface area contributed by atoms with Crippen LogP contribution in [0.5, 0.6) is 5.75 Å². The van der Waals surface area contributed by atoms with E-state index in [1.165, 1.54) is 11.8 Å². The summed E-state index contributed by atoms with van der Waals surface area (Å²) in [5, 5.41) is 0. The van der Waals surface area contributed by atoms with Crippen LogP contribution >= 0.6 is 0 Å². The predicted octanol–water partition coefficient (Wildman–Crippen LogP) is 2.83. The van der Waals surface area contributed by atoms with Crippen LogP contribution in [0.15, 0.2) is 40.8 Å². The number of amides is 1. The van der Waals surface area contributed by atoms with Crippen LogP contribution in [0.4, 0.5) is 0 Å². The fourth-order valence-electron chi connectivity index (χ4n) is 1.95. The molecule has 1 heterocycles. The van der Waals surface area contributed by atoms with Gasteiger partial charge in [0.1, 0.15) is 17.3 Å². The van der Waals surface area contributed by atoms with Gasteiger partial charge in [0.05, 0.1) is 6.54 Å². The van der Waals surface area contributed by atoms with Crippen molar-refractivity contribution in [2.24, 2.45) is 0 Å². The largest absolute Gasteiger partial charge is 0.484 e. The van der Waals surface area contributed by atoms with E-state index in [2.05, 4.69) is 0 Å². The molecular weight excluding hydrogens is 282 g/mol. The van der Waals surface area contributed by atoms with E-state index in [-0.39, 0.29) is 18.3 Å². The van der Waals surface area contributed by atoms with Crippen molar-refractivity contribution in [2.75, 3.05) is 13.7 Å². The van der Waals surface area contributed by atoms with Crippen LogP contribution in [0, 0.1) is 6.92 Å². The number of hydrogen-bond donors (Lipinski definition) is 0. The van der Waals surface area contributed by atoms with Crippen LogP contribution in [0.1, 0.15) is 28.8 Å². The molecule has 1 aromatic heterocycles. The monoisotopic (exact) mass is 301 g/mol. The van der Waals surface area contributed by atoms with Gasteiger partial charge < -0.3 is 14.1 Å². The van der Waals surface area contributed by atoms with Crippen LogP contribution < -0.4 is 4.74 Å². The second kappa shape index (κ2) is 6.93. The lowest BCUT2D eigenvalue weighted by Gasteiger charge is -2.16. The summed E-state index contributed by atoms with van der Waals surface area (Å²) >= 11 is 0.